The molecular weight excluding hydrogens is 274 g/mol. The van der Waals surface area contributed by atoms with Crippen molar-refractivity contribution in [2.45, 2.75) is 39.7 Å². The van der Waals surface area contributed by atoms with E-state index in [2.05, 4.69) is 55.0 Å². The highest BCUT2D eigenvalue weighted by atomic mass is 16.5. The van der Waals surface area contributed by atoms with Crippen LogP contribution in [0.4, 0.5) is 0 Å². The summed E-state index contributed by atoms with van der Waals surface area (Å²) in [7, 11) is 3.56. The number of aliphatic imine (C=N–C) groups is 1. The number of likely N-dealkylation sites (tertiary alicyclic amines) is 1. The fourth-order valence-corrected chi connectivity index (χ4v) is 2.84. The number of nitrogens with zero attached hydrogens (tertiary/aromatic N) is 2. The number of ether oxygens (including phenoxy) is 1. The van der Waals surface area contributed by atoms with Crippen LogP contribution in [0.5, 0.6) is 5.75 Å². The van der Waals surface area contributed by atoms with Gasteiger partial charge in [0.2, 0.25) is 0 Å². The molecule has 1 fully saturated rings. The summed E-state index contributed by atoms with van der Waals surface area (Å²) in [4.78, 5) is 6.80. The summed E-state index contributed by atoms with van der Waals surface area (Å²) in [5, 5.41) is 3.49. The van der Waals surface area contributed by atoms with Crippen molar-refractivity contribution in [2.24, 2.45) is 10.4 Å². The SMILES string of the molecule is CN=C(NCCc1cccc(OC)c1)N1CC(C)(C)C1(C)C. The molecule has 0 aromatic heterocycles. The topological polar surface area (TPSA) is 36.9 Å². The highest BCUT2D eigenvalue weighted by molar-refractivity contribution is 5.82. The fourth-order valence-electron chi connectivity index (χ4n) is 2.84. The molecular formula is C18H29N3O. The first-order valence-electron chi connectivity index (χ1n) is 7.93. The Bertz CT molecular complexity index is 549. The van der Waals surface area contributed by atoms with Gasteiger partial charge in [-0.2, -0.15) is 0 Å². The number of rotatable bonds is 4. The van der Waals surface area contributed by atoms with Gasteiger partial charge in [-0.25, -0.2) is 0 Å². The first kappa shape index (κ1) is 16.7. The average molecular weight is 303 g/mol. The predicted molar refractivity (Wildman–Crippen MR) is 92.6 cm³/mol. The standard InChI is InChI=1S/C18H29N3O/c1-17(2)13-21(18(17,3)4)16(19-5)20-11-10-14-8-7-9-15(12-14)22-6/h7-9,12H,10-11,13H2,1-6H3,(H,19,20). The van der Waals surface area contributed by atoms with Crippen molar-refractivity contribution in [3.05, 3.63) is 29.8 Å². The number of guanidine groups is 1. The molecule has 4 nitrogen and oxygen atoms in total. The largest absolute Gasteiger partial charge is 0.497 e. The molecule has 0 aliphatic carbocycles. The Morgan fingerprint density at radius 1 is 1.32 bits per heavy atom. The molecule has 1 aromatic rings. The Hall–Kier alpha value is -1.71. The van der Waals surface area contributed by atoms with Gasteiger partial charge in [-0.3, -0.25) is 4.99 Å². The molecule has 1 N–H and O–H groups in total. The van der Waals surface area contributed by atoms with Gasteiger partial charge in [0, 0.05) is 31.1 Å². The van der Waals surface area contributed by atoms with Crippen molar-refractivity contribution in [3.8, 4) is 5.75 Å². The van der Waals surface area contributed by atoms with Crippen molar-refractivity contribution in [3.63, 3.8) is 0 Å². The van der Waals surface area contributed by atoms with Crippen LogP contribution in [0.3, 0.4) is 0 Å². The second-order valence-corrected chi connectivity index (χ2v) is 7.10. The zero-order chi connectivity index (χ0) is 16.4. The number of hydrogen-bond acceptors (Lipinski definition) is 2. The minimum atomic E-state index is 0.130. The summed E-state index contributed by atoms with van der Waals surface area (Å²) in [6.07, 6.45) is 0.952. The first-order chi connectivity index (χ1) is 10.3. The lowest BCUT2D eigenvalue weighted by atomic mass is 9.65. The van der Waals surface area contributed by atoms with E-state index in [9.17, 15) is 0 Å². The molecule has 1 heterocycles. The lowest BCUT2D eigenvalue weighted by Crippen LogP contribution is -2.72. The maximum absolute atomic E-state index is 5.27. The summed E-state index contributed by atoms with van der Waals surface area (Å²) < 4.78 is 5.27. The van der Waals surface area contributed by atoms with E-state index in [0.717, 1.165) is 31.2 Å². The van der Waals surface area contributed by atoms with E-state index < -0.39 is 0 Å². The third kappa shape index (κ3) is 3.06. The van der Waals surface area contributed by atoms with Crippen molar-refractivity contribution < 1.29 is 4.74 Å². The van der Waals surface area contributed by atoms with Gasteiger partial charge in [0.25, 0.3) is 0 Å². The molecule has 122 valence electrons. The van der Waals surface area contributed by atoms with Gasteiger partial charge in [-0.05, 0) is 38.0 Å². The molecule has 0 bridgehead atoms. The molecule has 1 aliphatic heterocycles. The fraction of sp³-hybridized carbons (Fsp3) is 0.611. The molecule has 2 rings (SSSR count). The summed E-state index contributed by atoms with van der Waals surface area (Å²) in [6.45, 7) is 11.1. The minimum Gasteiger partial charge on any atom is -0.497 e. The maximum atomic E-state index is 5.27. The highest BCUT2D eigenvalue weighted by Crippen LogP contribution is 2.46. The second-order valence-electron chi connectivity index (χ2n) is 7.10. The summed E-state index contributed by atoms with van der Waals surface area (Å²) in [5.41, 5.74) is 1.72. The third-order valence-corrected chi connectivity index (χ3v) is 5.18. The summed E-state index contributed by atoms with van der Waals surface area (Å²) in [5.74, 6) is 1.90. The Morgan fingerprint density at radius 3 is 2.59 bits per heavy atom. The van der Waals surface area contributed by atoms with Crippen molar-refractivity contribution in [1.82, 2.24) is 10.2 Å². The van der Waals surface area contributed by atoms with E-state index in [-0.39, 0.29) is 5.54 Å². The number of hydrogen-bond donors (Lipinski definition) is 1. The monoisotopic (exact) mass is 303 g/mol. The van der Waals surface area contributed by atoms with Crippen LogP contribution in [0.25, 0.3) is 0 Å². The van der Waals surface area contributed by atoms with Gasteiger partial charge in [0.15, 0.2) is 5.96 Å². The van der Waals surface area contributed by atoms with Gasteiger partial charge < -0.3 is 15.0 Å². The quantitative estimate of drug-likeness (QED) is 0.686. The molecule has 0 atom stereocenters. The third-order valence-electron chi connectivity index (χ3n) is 5.18. The van der Waals surface area contributed by atoms with Gasteiger partial charge in [-0.15, -0.1) is 0 Å². The molecule has 0 saturated carbocycles. The first-order valence-corrected chi connectivity index (χ1v) is 7.93. The minimum absolute atomic E-state index is 0.130. The molecule has 0 amide bonds. The summed E-state index contributed by atoms with van der Waals surface area (Å²) in [6, 6.07) is 8.22. The van der Waals surface area contributed by atoms with Gasteiger partial charge >= 0.3 is 0 Å². The van der Waals surface area contributed by atoms with Gasteiger partial charge in [0.05, 0.1) is 7.11 Å². The van der Waals surface area contributed by atoms with Crippen LogP contribution in [0, 0.1) is 5.41 Å². The number of benzene rings is 1. The Labute approximate surface area is 134 Å². The lowest BCUT2D eigenvalue weighted by Gasteiger charge is -2.62. The molecule has 1 saturated heterocycles. The molecule has 0 unspecified atom stereocenters. The van der Waals surface area contributed by atoms with E-state index in [0.29, 0.717) is 5.41 Å². The van der Waals surface area contributed by atoms with E-state index >= 15 is 0 Å². The molecule has 0 spiro atoms. The van der Waals surface area contributed by atoms with Crippen molar-refractivity contribution in [2.75, 3.05) is 27.2 Å². The Kier molecular flexibility index (Phi) is 4.69. The number of nitrogens with one attached hydrogen (secondary N) is 1. The van der Waals surface area contributed by atoms with Gasteiger partial charge in [-0.1, -0.05) is 26.0 Å². The van der Waals surface area contributed by atoms with Crippen LogP contribution in [0.15, 0.2) is 29.3 Å². The van der Waals surface area contributed by atoms with Crippen LogP contribution >= 0.6 is 0 Å². The highest BCUT2D eigenvalue weighted by Gasteiger charge is 2.53. The van der Waals surface area contributed by atoms with E-state index in [1.54, 1.807) is 7.11 Å². The smallest absolute Gasteiger partial charge is 0.194 e. The van der Waals surface area contributed by atoms with E-state index in [1.165, 1.54) is 5.56 Å². The molecule has 22 heavy (non-hydrogen) atoms. The Balaban J connectivity index is 1.90. The van der Waals surface area contributed by atoms with E-state index in [1.807, 2.05) is 19.2 Å². The van der Waals surface area contributed by atoms with Crippen LogP contribution in [0.2, 0.25) is 0 Å². The van der Waals surface area contributed by atoms with Crippen LogP contribution < -0.4 is 10.1 Å². The second kappa shape index (κ2) is 6.19. The average Bonchev–Trinajstić information content (AvgIpc) is 2.50. The summed E-state index contributed by atoms with van der Waals surface area (Å²) >= 11 is 0. The Morgan fingerprint density at radius 2 is 2.05 bits per heavy atom. The van der Waals surface area contributed by atoms with Crippen LogP contribution in [-0.2, 0) is 6.42 Å². The van der Waals surface area contributed by atoms with Crippen molar-refractivity contribution >= 4 is 5.96 Å². The number of methoxy groups -OCH3 is 1. The van der Waals surface area contributed by atoms with Gasteiger partial charge in [0.1, 0.15) is 5.75 Å². The lowest BCUT2D eigenvalue weighted by molar-refractivity contribution is -0.0666. The molecule has 1 aromatic carbocycles. The zero-order valence-corrected chi connectivity index (χ0v) is 14.7. The molecule has 1 aliphatic rings. The molecule has 0 radical (unpaired) electrons. The van der Waals surface area contributed by atoms with Crippen LogP contribution in [-0.4, -0.2) is 43.6 Å². The normalized spacial score (nSPS) is 19.5. The maximum Gasteiger partial charge on any atom is 0.194 e. The van der Waals surface area contributed by atoms with E-state index in [4.69, 9.17) is 4.74 Å². The zero-order valence-electron chi connectivity index (χ0n) is 14.7. The predicted octanol–water partition coefficient (Wildman–Crippen LogP) is 2.93. The molecule has 4 heteroatoms. The van der Waals surface area contributed by atoms with Crippen molar-refractivity contribution in [1.29, 1.82) is 0 Å². The van der Waals surface area contributed by atoms with Crippen LogP contribution in [0.1, 0.15) is 33.3 Å².